The van der Waals surface area contributed by atoms with Gasteiger partial charge in [-0.25, -0.2) is 13.8 Å². The molecule has 0 unspecified atom stereocenters. The van der Waals surface area contributed by atoms with Crippen molar-refractivity contribution in [2.75, 3.05) is 20.0 Å². The molecule has 0 bridgehead atoms. The van der Waals surface area contributed by atoms with Crippen molar-refractivity contribution in [3.8, 4) is 22.8 Å². The number of nitrogens with one attached hydrogen (secondary N) is 1. The van der Waals surface area contributed by atoms with Gasteiger partial charge in [0.25, 0.3) is 0 Å². The van der Waals surface area contributed by atoms with Gasteiger partial charge in [0.2, 0.25) is 5.88 Å². The van der Waals surface area contributed by atoms with E-state index < -0.39 is 22.7 Å². The number of ether oxygens (including phenoxy) is 2. The molecule has 6 aromatic rings. The number of thioether (sulfide) groups is 1. The van der Waals surface area contributed by atoms with Crippen LogP contribution in [0.5, 0.6) is 11.6 Å². The molecule has 8 rings (SSSR count). The molecule has 1 N–H and O–H groups in total. The molecular formula is C44H39F2N3O2S. The van der Waals surface area contributed by atoms with Crippen LogP contribution in [-0.2, 0) is 23.9 Å². The van der Waals surface area contributed by atoms with E-state index in [0.29, 0.717) is 35.2 Å². The molecular weight excluding hydrogens is 673 g/mol. The van der Waals surface area contributed by atoms with E-state index >= 15 is 4.39 Å². The molecule has 5 aromatic carbocycles. The van der Waals surface area contributed by atoms with Gasteiger partial charge in [-0.15, -0.1) is 0 Å². The van der Waals surface area contributed by atoms with Gasteiger partial charge < -0.3 is 14.8 Å². The Morgan fingerprint density at radius 2 is 1.37 bits per heavy atom. The number of para-hydroxylation sites is 1. The largest absolute Gasteiger partial charge is 0.496 e. The van der Waals surface area contributed by atoms with Gasteiger partial charge >= 0.3 is 0 Å². The monoisotopic (exact) mass is 711 g/mol. The molecule has 0 saturated heterocycles. The van der Waals surface area contributed by atoms with Crippen LogP contribution in [0.2, 0.25) is 0 Å². The average Bonchev–Trinajstić information content (AvgIpc) is 3.19. The van der Waals surface area contributed by atoms with E-state index in [0.717, 1.165) is 50.8 Å². The second-order valence-corrected chi connectivity index (χ2v) is 14.2. The maximum atomic E-state index is 16.3. The molecule has 1 aliphatic heterocycles. The molecule has 262 valence electrons. The molecule has 8 heteroatoms. The Bertz CT molecular complexity index is 2160. The van der Waals surface area contributed by atoms with E-state index in [9.17, 15) is 4.39 Å². The molecule has 0 spiro atoms. The van der Waals surface area contributed by atoms with Gasteiger partial charge in [0, 0.05) is 54.0 Å². The molecule has 1 aromatic heterocycles. The maximum Gasteiger partial charge on any atom is 0.216 e. The number of fused-ring (bicyclic) bond motifs is 2. The van der Waals surface area contributed by atoms with Crippen LogP contribution in [0, 0.1) is 17.6 Å². The number of methoxy groups -OCH3 is 2. The van der Waals surface area contributed by atoms with Crippen molar-refractivity contribution in [2.45, 2.75) is 23.9 Å². The highest BCUT2D eigenvalue weighted by Gasteiger charge is 2.51. The smallest absolute Gasteiger partial charge is 0.216 e. The van der Waals surface area contributed by atoms with Crippen molar-refractivity contribution in [3.05, 3.63) is 185 Å². The summed E-state index contributed by atoms with van der Waals surface area (Å²) in [4.78, 5) is 10.3. The first kappa shape index (κ1) is 33.7. The fourth-order valence-electron chi connectivity index (χ4n) is 8.03. The number of rotatable bonds is 8. The Balaban J connectivity index is 0.00000435. The first-order valence-electron chi connectivity index (χ1n) is 17.3. The highest BCUT2D eigenvalue weighted by atomic mass is 32.2. The number of benzene rings is 5. The average molecular weight is 712 g/mol. The van der Waals surface area contributed by atoms with Gasteiger partial charge in [-0.3, -0.25) is 4.99 Å². The lowest BCUT2D eigenvalue weighted by Crippen LogP contribution is -2.52. The lowest BCUT2D eigenvalue weighted by Gasteiger charge is -2.47. The lowest BCUT2D eigenvalue weighted by molar-refractivity contribution is 0.261. The maximum absolute atomic E-state index is 16.3. The number of nitrogens with zero attached hydrogens (tertiary/aromatic N) is 2. The summed E-state index contributed by atoms with van der Waals surface area (Å²) in [5, 5.41) is 4.59. The Hall–Kier alpha value is -5.47. The summed E-state index contributed by atoms with van der Waals surface area (Å²) >= 11 is 1.63. The second-order valence-electron chi connectivity index (χ2n) is 13.2. The van der Waals surface area contributed by atoms with Crippen molar-refractivity contribution in [2.24, 2.45) is 10.9 Å². The van der Waals surface area contributed by atoms with Crippen LogP contribution in [-0.4, -0.2) is 30.1 Å². The van der Waals surface area contributed by atoms with Crippen molar-refractivity contribution in [1.82, 2.24) is 10.3 Å². The van der Waals surface area contributed by atoms with Gasteiger partial charge in [-0.1, -0.05) is 127 Å². The Labute approximate surface area is 308 Å². The predicted octanol–water partition coefficient (Wildman–Crippen LogP) is 9.58. The number of amidine groups is 1. The fraction of sp³-hybridized carbons (Fsp3) is 0.182. The number of pyridine rings is 1. The molecule has 2 heterocycles. The summed E-state index contributed by atoms with van der Waals surface area (Å²) in [6.45, 7) is 0. The normalized spacial score (nSPS) is 18.1. The van der Waals surface area contributed by atoms with Crippen LogP contribution in [0.3, 0.4) is 0 Å². The Morgan fingerprint density at radius 3 is 1.96 bits per heavy atom. The standard InChI is InChI=1S/C44H37F2N3O2S.H2/c1-50-40-21-13-12-20-34(40)37-27-47-41(51-2)36-26-43(38-23-22-33(45)25-39(38)46)32(24-35(36)37)28-52-42(48-43)49-44(29-14-6-3-7-15-29,30-16-8-4-9-17-30)31-18-10-5-11-19-31;/h3-23,25,27,32H,24,26,28H2,1-2H3,(H,48,49);1H/t32-,43-;/m0./s1. The molecule has 0 amide bonds. The van der Waals surface area contributed by atoms with Crippen LogP contribution >= 0.6 is 11.8 Å². The number of halogens is 2. The minimum absolute atomic E-state index is 0. The highest BCUT2D eigenvalue weighted by molar-refractivity contribution is 8.13. The summed E-state index contributed by atoms with van der Waals surface area (Å²) in [7, 11) is 3.26. The third-order valence-corrected chi connectivity index (χ3v) is 11.5. The summed E-state index contributed by atoms with van der Waals surface area (Å²) < 4.78 is 42.4. The van der Waals surface area contributed by atoms with E-state index in [2.05, 4.69) is 41.7 Å². The molecule has 0 fully saturated rings. The van der Waals surface area contributed by atoms with Crippen LogP contribution in [0.4, 0.5) is 8.78 Å². The fourth-order valence-corrected chi connectivity index (χ4v) is 9.24. The first-order chi connectivity index (χ1) is 25.5. The van der Waals surface area contributed by atoms with Crippen LogP contribution in [0.15, 0.2) is 145 Å². The van der Waals surface area contributed by atoms with Crippen molar-refractivity contribution >= 4 is 16.9 Å². The Morgan fingerprint density at radius 1 is 0.750 bits per heavy atom. The lowest BCUT2D eigenvalue weighted by atomic mass is 9.66. The molecule has 2 atom stereocenters. The third kappa shape index (κ3) is 5.71. The third-order valence-electron chi connectivity index (χ3n) is 10.5. The number of hydrogen-bond donors (Lipinski definition) is 1. The van der Waals surface area contributed by atoms with E-state index in [4.69, 9.17) is 19.5 Å². The minimum atomic E-state index is -1.09. The van der Waals surface area contributed by atoms with E-state index in [1.165, 1.54) is 6.07 Å². The summed E-state index contributed by atoms with van der Waals surface area (Å²) in [5.41, 5.74) is 5.28. The van der Waals surface area contributed by atoms with Crippen molar-refractivity contribution < 1.29 is 19.7 Å². The summed E-state index contributed by atoms with van der Waals surface area (Å²) in [6.07, 6.45) is 2.71. The van der Waals surface area contributed by atoms with Crippen LogP contribution in [0.1, 0.15) is 34.8 Å². The van der Waals surface area contributed by atoms with Gasteiger partial charge in [-0.05, 0) is 40.8 Å². The molecule has 0 radical (unpaired) electrons. The SMILES string of the molecule is COc1ccccc1-c1cnc(OC)c2c1C[C@H]1CSC(NC(c3ccccc3)(c3ccccc3)c3ccccc3)=N[C@@]1(c1ccc(F)cc1F)C2.[HH]. The Kier molecular flexibility index (Phi) is 9.01. The highest BCUT2D eigenvalue weighted by Crippen LogP contribution is 2.53. The quantitative estimate of drug-likeness (QED) is 0.160. The molecule has 5 nitrogen and oxygen atoms in total. The van der Waals surface area contributed by atoms with Crippen LogP contribution < -0.4 is 14.8 Å². The van der Waals surface area contributed by atoms with Gasteiger partial charge in [-0.2, -0.15) is 0 Å². The predicted molar refractivity (Wildman–Crippen MR) is 206 cm³/mol. The zero-order valence-electron chi connectivity index (χ0n) is 28.9. The molecule has 1 aliphatic carbocycles. The zero-order chi connectivity index (χ0) is 35.7. The van der Waals surface area contributed by atoms with Crippen molar-refractivity contribution in [1.29, 1.82) is 0 Å². The summed E-state index contributed by atoms with van der Waals surface area (Å²) in [6, 6.07) is 42.7. The molecule has 52 heavy (non-hydrogen) atoms. The van der Waals surface area contributed by atoms with Gasteiger partial charge in [0.1, 0.15) is 22.9 Å². The first-order valence-corrected chi connectivity index (χ1v) is 18.3. The minimum Gasteiger partial charge on any atom is -0.496 e. The number of aromatic nitrogens is 1. The topological polar surface area (TPSA) is 55.7 Å². The molecule has 2 aliphatic rings. The number of hydrogen-bond acceptors (Lipinski definition) is 6. The van der Waals surface area contributed by atoms with E-state index in [-0.39, 0.29) is 7.34 Å². The van der Waals surface area contributed by atoms with E-state index in [1.807, 2.05) is 85.1 Å². The number of aliphatic imine (C=N–C) groups is 1. The van der Waals surface area contributed by atoms with E-state index in [1.54, 1.807) is 32.0 Å². The molecule has 0 saturated carbocycles. The summed E-state index contributed by atoms with van der Waals surface area (Å²) in [5.74, 6) is 0.426. The van der Waals surface area contributed by atoms with Crippen LogP contribution in [0.25, 0.3) is 11.1 Å². The van der Waals surface area contributed by atoms with Gasteiger partial charge in [0.15, 0.2) is 5.17 Å². The zero-order valence-corrected chi connectivity index (χ0v) is 29.7. The van der Waals surface area contributed by atoms with Crippen molar-refractivity contribution in [3.63, 3.8) is 0 Å². The van der Waals surface area contributed by atoms with Gasteiger partial charge in [0.05, 0.1) is 19.8 Å². The second kappa shape index (κ2) is 13.9.